The minimum atomic E-state index is -0.347. The first-order valence-electron chi connectivity index (χ1n) is 8.10. The number of likely N-dealkylation sites (N-methyl/N-ethyl adjacent to an activating group) is 1. The van der Waals surface area contributed by atoms with Crippen LogP contribution in [0.25, 0.3) is 0 Å². The van der Waals surface area contributed by atoms with Crippen LogP contribution in [0.2, 0.25) is 0 Å². The molecule has 0 bridgehead atoms. The first kappa shape index (κ1) is 17.0. The van der Waals surface area contributed by atoms with Gasteiger partial charge in [0.25, 0.3) is 0 Å². The van der Waals surface area contributed by atoms with Crippen molar-refractivity contribution in [2.45, 2.75) is 45.2 Å². The average Bonchev–Trinajstić information content (AvgIpc) is 2.60. The number of amides is 2. The number of benzene rings is 1. The quantitative estimate of drug-likeness (QED) is 0.857. The van der Waals surface area contributed by atoms with E-state index < -0.39 is 0 Å². The van der Waals surface area contributed by atoms with Crippen LogP contribution in [-0.4, -0.2) is 41.2 Å². The number of likely N-dealkylation sites (tertiary alicyclic amines) is 1. The topological polar surface area (TPSA) is 64.4 Å². The highest BCUT2D eigenvalue weighted by Crippen LogP contribution is 2.20. The van der Waals surface area contributed by atoms with E-state index in [1.54, 1.807) is 29.0 Å². The number of hydrogen-bond donors (Lipinski definition) is 0. The zero-order valence-corrected chi connectivity index (χ0v) is 13.8. The van der Waals surface area contributed by atoms with Crippen LogP contribution < -0.4 is 0 Å². The Morgan fingerprint density at radius 3 is 2.87 bits per heavy atom. The Kier molecular flexibility index (Phi) is 5.75. The van der Waals surface area contributed by atoms with Crippen LogP contribution in [-0.2, 0) is 16.1 Å². The molecule has 0 unspecified atom stereocenters. The Hall–Kier alpha value is -2.35. The maximum absolute atomic E-state index is 12.8. The molecule has 5 heteroatoms. The second-order valence-electron chi connectivity index (χ2n) is 5.96. The third kappa shape index (κ3) is 4.10. The van der Waals surface area contributed by atoms with E-state index in [0.29, 0.717) is 25.1 Å². The van der Waals surface area contributed by atoms with E-state index >= 15 is 0 Å². The fourth-order valence-electron chi connectivity index (χ4n) is 3.04. The predicted octanol–water partition coefficient (Wildman–Crippen LogP) is 2.31. The highest BCUT2D eigenvalue weighted by molar-refractivity contribution is 5.87. The van der Waals surface area contributed by atoms with Gasteiger partial charge in [0.15, 0.2) is 0 Å². The molecule has 0 N–H and O–H groups in total. The Morgan fingerprint density at radius 2 is 2.17 bits per heavy atom. The summed E-state index contributed by atoms with van der Waals surface area (Å²) in [4.78, 5) is 28.2. The zero-order valence-electron chi connectivity index (χ0n) is 13.8. The molecule has 2 rings (SSSR count). The van der Waals surface area contributed by atoms with E-state index in [9.17, 15) is 9.59 Å². The van der Waals surface area contributed by atoms with Crippen LogP contribution in [0.1, 0.15) is 43.7 Å². The molecule has 1 aromatic rings. The monoisotopic (exact) mass is 313 g/mol. The van der Waals surface area contributed by atoms with Crippen LogP contribution in [0.15, 0.2) is 24.3 Å². The minimum Gasteiger partial charge on any atom is -0.340 e. The highest BCUT2D eigenvalue weighted by Gasteiger charge is 2.32. The normalized spacial score (nSPS) is 17.4. The Morgan fingerprint density at radius 1 is 1.39 bits per heavy atom. The van der Waals surface area contributed by atoms with Gasteiger partial charge in [-0.25, -0.2) is 0 Å². The second kappa shape index (κ2) is 7.77. The third-order valence-electron chi connectivity index (χ3n) is 4.26. The van der Waals surface area contributed by atoms with Crippen LogP contribution >= 0.6 is 0 Å². The number of nitrogens with zero attached hydrogens (tertiary/aromatic N) is 3. The standard InChI is InChI=1S/C18H23N3O2/c1-3-17(22)21-10-5-4-9-16(21)18(23)20(2)13-15-8-6-7-14(11-15)12-19/h6-8,11,16H,3-5,9-10,13H2,1-2H3/t16-/m1/s1. The molecule has 0 radical (unpaired) electrons. The van der Waals surface area contributed by atoms with E-state index in [-0.39, 0.29) is 17.9 Å². The van der Waals surface area contributed by atoms with Crippen molar-refractivity contribution in [3.05, 3.63) is 35.4 Å². The predicted molar refractivity (Wildman–Crippen MR) is 87.3 cm³/mol. The largest absolute Gasteiger partial charge is 0.340 e. The van der Waals surface area contributed by atoms with Crippen LogP contribution in [0.4, 0.5) is 0 Å². The summed E-state index contributed by atoms with van der Waals surface area (Å²) in [7, 11) is 1.75. The van der Waals surface area contributed by atoms with Gasteiger partial charge in [-0.3, -0.25) is 9.59 Å². The van der Waals surface area contributed by atoms with E-state index in [1.165, 1.54) is 0 Å². The molecule has 1 aliphatic heterocycles. The average molecular weight is 313 g/mol. The summed E-state index contributed by atoms with van der Waals surface area (Å²) in [5.41, 5.74) is 1.51. The van der Waals surface area contributed by atoms with Gasteiger partial charge in [0.1, 0.15) is 6.04 Å². The molecular weight excluding hydrogens is 290 g/mol. The molecule has 1 aromatic carbocycles. The van der Waals surface area contributed by atoms with Crippen LogP contribution in [0.3, 0.4) is 0 Å². The van der Waals surface area contributed by atoms with Crippen molar-refractivity contribution >= 4 is 11.8 Å². The molecule has 1 atom stereocenters. The van der Waals surface area contributed by atoms with Gasteiger partial charge < -0.3 is 9.80 Å². The smallest absolute Gasteiger partial charge is 0.245 e. The molecule has 1 saturated heterocycles. The number of hydrogen-bond acceptors (Lipinski definition) is 3. The van der Waals surface area contributed by atoms with E-state index in [0.717, 1.165) is 24.8 Å². The van der Waals surface area contributed by atoms with E-state index in [2.05, 4.69) is 6.07 Å². The Balaban J connectivity index is 2.08. The number of rotatable bonds is 4. The highest BCUT2D eigenvalue weighted by atomic mass is 16.2. The van der Waals surface area contributed by atoms with Crippen molar-refractivity contribution in [2.24, 2.45) is 0 Å². The molecule has 1 fully saturated rings. The van der Waals surface area contributed by atoms with Crippen molar-refractivity contribution in [3.63, 3.8) is 0 Å². The summed E-state index contributed by atoms with van der Waals surface area (Å²) in [5, 5.41) is 8.96. The third-order valence-corrected chi connectivity index (χ3v) is 4.26. The van der Waals surface area contributed by atoms with Gasteiger partial charge in [-0.05, 0) is 37.0 Å². The molecule has 0 aromatic heterocycles. The maximum atomic E-state index is 12.8. The van der Waals surface area contributed by atoms with Gasteiger partial charge in [-0.2, -0.15) is 5.26 Å². The molecule has 0 saturated carbocycles. The molecule has 122 valence electrons. The van der Waals surface area contributed by atoms with Crippen LogP contribution in [0.5, 0.6) is 0 Å². The fraction of sp³-hybridized carbons (Fsp3) is 0.500. The van der Waals surface area contributed by atoms with Crippen molar-refractivity contribution in [2.75, 3.05) is 13.6 Å². The number of piperidine rings is 1. The molecular formula is C18H23N3O2. The Labute approximate surface area is 137 Å². The van der Waals surface area contributed by atoms with Gasteiger partial charge in [0.05, 0.1) is 11.6 Å². The summed E-state index contributed by atoms with van der Waals surface area (Å²) in [6.07, 6.45) is 3.09. The molecule has 0 spiro atoms. The molecule has 5 nitrogen and oxygen atoms in total. The van der Waals surface area contributed by atoms with E-state index in [1.807, 2.05) is 19.1 Å². The minimum absolute atomic E-state index is 0.0196. The lowest BCUT2D eigenvalue weighted by Crippen LogP contribution is -2.52. The molecule has 0 aliphatic carbocycles. The van der Waals surface area contributed by atoms with Gasteiger partial charge in [-0.15, -0.1) is 0 Å². The molecule has 2 amide bonds. The summed E-state index contributed by atoms with van der Waals surface area (Å²) >= 11 is 0. The lowest BCUT2D eigenvalue weighted by molar-refractivity contribution is -0.147. The zero-order chi connectivity index (χ0) is 16.8. The van der Waals surface area contributed by atoms with Crippen molar-refractivity contribution in [1.82, 2.24) is 9.80 Å². The van der Waals surface area contributed by atoms with Crippen molar-refractivity contribution in [3.8, 4) is 6.07 Å². The van der Waals surface area contributed by atoms with E-state index in [4.69, 9.17) is 5.26 Å². The fourth-order valence-corrected chi connectivity index (χ4v) is 3.04. The summed E-state index contributed by atoms with van der Waals surface area (Å²) in [5.74, 6) is 0.0248. The number of carbonyl (C=O) groups is 2. The lowest BCUT2D eigenvalue weighted by atomic mass is 10.00. The van der Waals surface area contributed by atoms with Crippen molar-refractivity contribution < 1.29 is 9.59 Å². The number of carbonyl (C=O) groups excluding carboxylic acids is 2. The molecule has 1 heterocycles. The van der Waals surface area contributed by atoms with Gasteiger partial charge in [0, 0.05) is 26.6 Å². The summed E-state index contributed by atoms with van der Waals surface area (Å²) < 4.78 is 0. The maximum Gasteiger partial charge on any atom is 0.245 e. The SMILES string of the molecule is CCC(=O)N1CCCC[C@@H]1C(=O)N(C)Cc1cccc(C#N)c1. The van der Waals surface area contributed by atoms with Crippen LogP contribution in [0, 0.1) is 11.3 Å². The van der Waals surface area contributed by atoms with Gasteiger partial charge in [0.2, 0.25) is 11.8 Å². The first-order chi connectivity index (χ1) is 11.1. The first-order valence-corrected chi connectivity index (χ1v) is 8.10. The Bertz CT molecular complexity index is 621. The summed E-state index contributed by atoms with van der Waals surface area (Å²) in [6.45, 7) is 2.94. The van der Waals surface area contributed by atoms with Gasteiger partial charge in [-0.1, -0.05) is 19.1 Å². The molecule has 23 heavy (non-hydrogen) atoms. The molecule has 1 aliphatic rings. The second-order valence-corrected chi connectivity index (χ2v) is 5.96. The number of nitriles is 1. The van der Waals surface area contributed by atoms with Crippen molar-refractivity contribution in [1.29, 1.82) is 5.26 Å². The summed E-state index contributed by atoms with van der Waals surface area (Å²) in [6, 6.07) is 9.02. The van der Waals surface area contributed by atoms with Gasteiger partial charge >= 0.3 is 0 Å². The lowest BCUT2D eigenvalue weighted by Gasteiger charge is -2.36.